The first-order valence-corrected chi connectivity index (χ1v) is 7.42. The Kier molecular flexibility index (Phi) is 6.09. The van der Waals surface area contributed by atoms with Gasteiger partial charge in [-0.15, -0.1) is 0 Å². The molecule has 1 fully saturated rings. The van der Waals surface area contributed by atoms with Gasteiger partial charge >= 0.3 is 0 Å². The quantitative estimate of drug-likeness (QED) is 0.755. The van der Waals surface area contributed by atoms with Crippen molar-refractivity contribution in [2.24, 2.45) is 11.3 Å². The van der Waals surface area contributed by atoms with Crippen LogP contribution in [0.3, 0.4) is 0 Å². The number of hydrogen-bond acceptors (Lipinski definition) is 3. The Morgan fingerprint density at radius 3 is 2.33 bits per heavy atom. The average Bonchev–Trinajstić information content (AvgIpc) is 2.54. The number of hydrogen-bond donors (Lipinski definition) is 1. The fraction of sp³-hybridized carbons (Fsp3) is 1.00. The summed E-state index contributed by atoms with van der Waals surface area (Å²) in [6.07, 6.45) is 3.43. The minimum atomic E-state index is -0.125. The molecule has 0 bridgehead atoms. The van der Waals surface area contributed by atoms with E-state index in [4.69, 9.17) is 0 Å². The molecule has 0 spiro atoms. The third-order valence-corrected chi connectivity index (χ3v) is 4.43. The van der Waals surface area contributed by atoms with Crippen molar-refractivity contribution in [3.8, 4) is 0 Å². The van der Waals surface area contributed by atoms with E-state index in [1.165, 1.54) is 12.8 Å². The minimum Gasteiger partial charge on any atom is -0.392 e. The Morgan fingerprint density at radius 2 is 1.89 bits per heavy atom. The summed E-state index contributed by atoms with van der Waals surface area (Å²) in [5, 5.41) is 10.3. The smallest absolute Gasteiger partial charge is 0.0631 e. The lowest BCUT2D eigenvalue weighted by Gasteiger charge is -2.30. The van der Waals surface area contributed by atoms with Gasteiger partial charge in [0.25, 0.3) is 0 Å². The molecule has 3 nitrogen and oxygen atoms in total. The van der Waals surface area contributed by atoms with Crippen molar-refractivity contribution in [3.05, 3.63) is 0 Å². The Hall–Kier alpha value is -0.120. The number of nitrogens with zero attached hydrogens (tertiary/aromatic N) is 2. The molecular weight excluding hydrogens is 224 g/mol. The molecule has 0 amide bonds. The van der Waals surface area contributed by atoms with E-state index in [9.17, 15) is 5.11 Å². The van der Waals surface area contributed by atoms with Gasteiger partial charge in [-0.25, -0.2) is 0 Å². The van der Waals surface area contributed by atoms with E-state index >= 15 is 0 Å². The Balaban J connectivity index is 2.35. The molecule has 0 heterocycles. The van der Waals surface area contributed by atoms with Crippen LogP contribution in [0, 0.1) is 11.3 Å². The first kappa shape index (κ1) is 15.9. The molecule has 0 aliphatic heterocycles. The zero-order valence-corrected chi connectivity index (χ0v) is 12.9. The first-order chi connectivity index (χ1) is 8.36. The molecule has 1 aliphatic rings. The van der Waals surface area contributed by atoms with Crippen molar-refractivity contribution in [3.63, 3.8) is 0 Å². The van der Waals surface area contributed by atoms with Gasteiger partial charge in [-0.3, -0.25) is 0 Å². The standard InChI is InChI=1S/C15H32N2O/c1-6-17(11-7-10-16(4)5)12-13-8-9-15(2,3)14(13)18/h13-14,18H,6-12H2,1-5H3. The summed E-state index contributed by atoms with van der Waals surface area (Å²) in [5.41, 5.74) is 0.119. The summed E-state index contributed by atoms with van der Waals surface area (Å²) in [7, 11) is 4.25. The third-order valence-electron chi connectivity index (χ3n) is 4.43. The molecule has 108 valence electrons. The predicted octanol–water partition coefficient (Wildman–Crippen LogP) is 2.06. The highest BCUT2D eigenvalue weighted by Crippen LogP contribution is 2.41. The van der Waals surface area contributed by atoms with Gasteiger partial charge in [0.05, 0.1) is 6.10 Å². The summed E-state index contributed by atoms with van der Waals surface area (Å²) in [5.74, 6) is 0.472. The van der Waals surface area contributed by atoms with Gasteiger partial charge in [-0.1, -0.05) is 20.8 Å². The number of aliphatic hydroxyl groups is 1. The van der Waals surface area contributed by atoms with Gasteiger partial charge in [-0.2, -0.15) is 0 Å². The van der Waals surface area contributed by atoms with E-state index in [2.05, 4.69) is 44.7 Å². The molecule has 2 unspecified atom stereocenters. The molecular formula is C15H32N2O. The van der Waals surface area contributed by atoms with E-state index in [-0.39, 0.29) is 11.5 Å². The largest absolute Gasteiger partial charge is 0.392 e. The van der Waals surface area contributed by atoms with Crippen molar-refractivity contribution >= 4 is 0 Å². The first-order valence-electron chi connectivity index (χ1n) is 7.42. The molecule has 2 atom stereocenters. The topological polar surface area (TPSA) is 26.7 Å². The molecule has 0 aromatic carbocycles. The maximum Gasteiger partial charge on any atom is 0.0631 e. The van der Waals surface area contributed by atoms with Crippen molar-refractivity contribution in [2.45, 2.75) is 46.1 Å². The Labute approximate surface area is 113 Å². The lowest BCUT2D eigenvalue weighted by molar-refractivity contribution is 0.0329. The summed E-state index contributed by atoms with van der Waals surface area (Å²) >= 11 is 0. The summed E-state index contributed by atoms with van der Waals surface area (Å²) < 4.78 is 0. The van der Waals surface area contributed by atoms with Crippen LogP contribution in [0.15, 0.2) is 0 Å². The second kappa shape index (κ2) is 6.88. The molecule has 1 aliphatic carbocycles. The predicted molar refractivity (Wildman–Crippen MR) is 77.8 cm³/mol. The highest BCUT2D eigenvalue weighted by molar-refractivity contribution is 4.92. The van der Waals surface area contributed by atoms with Crippen LogP contribution in [0.25, 0.3) is 0 Å². The summed E-state index contributed by atoms with van der Waals surface area (Å²) in [6, 6.07) is 0. The van der Waals surface area contributed by atoms with E-state index < -0.39 is 0 Å². The van der Waals surface area contributed by atoms with Crippen molar-refractivity contribution < 1.29 is 5.11 Å². The monoisotopic (exact) mass is 256 g/mol. The maximum atomic E-state index is 10.3. The number of aliphatic hydroxyl groups excluding tert-OH is 1. The van der Waals surface area contributed by atoms with Gasteiger partial charge in [0.1, 0.15) is 0 Å². The van der Waals surface area contributed by atoms with Crippen LogP contribution < -0.4 is 0 Å². The second-order valence-electron chi connectivity index (χ2n) is 6.78. The second-order valence-corrected chi connectivity index (χ2v) is 6.78. The lowest BCUT2D eigenvalue weighted by atomic mass is 9.87. The highest BCUT2D eigenvalue weighted by Gasteiger charge is 2.40. The zero-order chi connectivity index (χ0) is 13.8. The van der Waals surface area contributed by atoms with Gasteiger partial charge in [-0.05, 0) is 64.3 Å². The molecule has 3 heteroatoms. The molecule has 1 rings (SSSR count). The van der Waals surface area contributed by atoms with Gasteiger partial charge < -0.3 is 14.9 Å². The summed E-state index contributed by atoms with van der Waals surface area (Å²) in [6.45, 7) is 11.1. The molecule has 1 saturated carbocycles. The van der Waals surface area contributed by atoms with Crippen molar-refractivity contribution in [1.82, 2.24) is 9.80 Å². The SMILES string of the molecule is CCN(CCCN(C)C)CC1CCC(C)(C)C1O. The highest BCUT2D eigenvalue weighted by atomic mass is 16.3. The molecule has 0 radical (unpaired) electrons. The molecule has 1 N–H and O–H groups in total. The van der Waals surface area contributed by atoms with Crippen LogP contribution >= 0.6 is 0 Å². The lowest BCUT2D eigenvalue weighted by Crippen LogP contribution is -2.37. The maximum absolute atomic E-state index is 10.3. The normalized spacial score (nSPS) is 27.3. The molecule has 0 aromatic rings. The van der Waals surface area contributed by atoms with Crippen LogP contribution in [0.5, 0.6) is 0 Å². The summed E-state index contributed by atoms with van der Waals surface area (Å²) in [4.78, 5) is 4.74. The van der Waals surface area contributed by atoms with E-state index in [0.717, 1.165) is 32.6 Å². The molecule has 18 heavy (non-hydrogen) atoms. The molecule has 0 aromatic heterocycles. The van der Waals surface area contributed by atoms with E-state index in [1.807, 2.05) is 0 Å². The molecule has 0 saturated heterocycles. The number of rotatable bonds is 7. The fourth-order valence-corrected chi connectivity index (χ4v) is 3.01. The van der Waals surface area contributed by atoms with Crippen molar-refractivity contribution in [2.75, 3.05) is 40.3 Å². The van der Waals surface area contributed by atoms with E-state index in [1.54, 1.807) is 0 Å². The van der Waals surface area contributed by atoms with Crippen LogP contribution in [-0.2, 0) is 0 Å². The van der Waals surface area contributed by atoms with Crippen LogP contribution in [0.2, 0.25) is 0 Å². The Morgan fingerprint density at radius 1 is 1.22 bits per heavy atom. The van der Waals surface area contributed by atoms with Crippen LogP contribution in [0.1, 0.15) is 40.0 Å². The van der Waals surface area contributed by atoms with E-state index in [0.29, 0.717) is 5.92 Å². The zero-order valence-electron chi connectivity index (χ0n) is 12.9. The average molecular weight is 256 g/mol. The van der Waals surface area contributed by atoms with Crippen molar-refractivity contribution in [1.29, 1.82) is 0 Å². The van der Waals surface area contributed by atoms with Gasteiger partial charge in [0.15, 0.2) is 0 Å². The minimum absolute atomic E-state index is 0.119. The van der Waals surface area contributed by atoms with Crippen LogP contribution in [-0.4, -0.2) is 61.3 Å². The van der Waals surface area contributed by atoms with Gasteiger partial charge in [0, 0.05) is 6.54 Å². The van der Waals surface area contributed by atoms with Gasteiger partial charge in [0.2, 0.25) is 0 Å². The fourth-order valence-electron chi connectivity index (χ4n) is 3.01. The van der Waals surface area contributed by atoms with Crippen LogP contribution in [0.4, 0.5) is 0 Å². The Bertz CT molecular complexity index is 241. The third kappa shape index (κ3) is 4.52.